The van der Waals surface area contributed by atoms with Crippen LogP contribution in [0.1, 0.15) is 0 Å². The Morgan fingerprint density at radius 1 is 1.45 bits per heavy atom. The van der Waals surface area contributed by atoms with Crippen LogP contribution in [0, 0.1) is 5.82 Å². The third-order valence-electron chi connectivity index (χ3n) is 3.31. The van der Waals surface area contributed by atoms with E-state index in [1.165, 1.54) is 19.3 Å². The van der Waals surface area contributed by atoms with Crippen molar-refractivity contribution in [3.05, 3.63) is 32.6 Å². The summed E-state index contributed by atoms with van der Waals surface area (Å²) in [6.45, 7) is 0. The van der Waals surface area contributed by atoms with Gasteiger partial charge in [-0.1, -0.05) is 23.2 Å². The molecule has 0 spiro atoms. The van der Waals surface area contributed by atoms with E-state index in [1.54, 1.807) is 0 Å². The Hall–Kier alpha value is -1.57. The molecular weight excluding hydrogens is 400 g/mol. The van der Waals surface area contributed by atoms with Gasteiger partial charge in [-0.3, -0.25) is 4.90 Å². The molecule has 0 unspecified atom stereocenters. The van der Waals surface area contributed by atoms with Crippen LogP contribution in [0.5, 0.6) is 0 Å². The van der Waals surface area contributed by atoms with Gasteiger partial charge in [0, 0.05) is 24.0 Å². The molecule has 1 aromatic carbocycles. The first-order valence-electron chi connectivity index (χ1n) is 5.93. The SMILES string of the molecule is CN(C(=O)O)c1cc(Cl)c(F)c2c1[nH]c1ncc(Br)c(Cl)c12. The van der Waals surface area contributed by atoms with Crippen LogP contribution in [0.4, 0.5) is 14.9 Å². The van der Waals surface area contributed by atoms with Crippen molar-refractivity contribution in [3.63, 3.8) is 0 Å². The number of carboxylic acid groups (broad SMARTS) is 1. The first-order valence-corrected chi connectivity index (χ1v) is 7.47. The van der Waals surface area contributed by atoms with Crippen LogP contribution in [-0.2, 0) is 0 Å². The van der Waals surface area contributed by atoms with Crippen LogP contribution in [0.15, 0.2) is 16.7 Å². The molecule has 0 bridgehead atoms. The minimum Gasteiger partial charge on any atom is -0.465 e. The molecule has 0 saturated carbocycles. The van der Waals surface area contributed by atoms with Crippen LogP contribution in [0.25, 0.3) is 21.9 Å². The van der Waals surface area contributed by atoms with Gasteiger partial charge in [-0.15, -0.1) is 0 Å². The lowest BCUT2D eigenvalue weighted by atomic mass is 10.1. The molecular formula is C13H7BrCl2FN3O2. The maximum Gasteiger partial charge on any atom is 0.411 e. The number of carbonyl (C=O) groups is 1. The number of benzene rings is 1. The molecule has 0 radical (unpaired) electrons. The number of H-pyrrole nitrogens is 1. The lowest BCUT2D eigenvalue weighted by Gasteiger charge is -2.15. The Kier molecular flexibility index (Phi) is 3.66. The molecule has 0 fully saturated rings. The van der Waals surface area contributed by atoms with E-state index in [0.717, 1.165) is 4.90 Å². The van der Waals surface area contributed by atoms with Crippen molar-refractivity contribution >= 4 is 72.8 Å². The number of aromatic amines is 1. The third kappa shape index (κ3) is 2.12. The van der Waals surface area contributed by atoms with Gasteiger partial charge in [-0.25, -0.2) is 14.2 Å². The van der Waals surface area contributed by atoms with Crippen LogP contribution in [-0.4, -0.2) is 28.2 Å². The molecule has 0 aliphatic heterocycles. The number of halogens is 4. The number of hydrogen-bond acceptors (Lipinski definition) is 2. The van der Waals surface area contributed by atoms with E-state index in [-0.39, 0.29) is 26.6 Å². The number of amides is 1. The first kappa shape index (κ1) is 15.3. The molecule has 3 aromatic rings. The van der Waals surface area contributed by atoms with Crippen molar-refractivity contribution in [2.75, 3.05) is 11.9 Å². The molecule has 0 atom stereocenters. The van der Waals surface area contributed by atoms with Crippen molar-refractivity contribution in [1.29, 1.82) is 0 Å². The van der Waals surface area contributed by atoms with E-state index in [9.17, 15) is 9.18 Å². The number of hydrogen-bond donors (Lipinski definition) is 2. The van der Waals surface area contributed by atoms with Crippen LogP contribution in [0.3, 0.4) is 0 Å². The normalized spacial score (nSPS) is 11.3. The van der Waals surface area contributed by atoms with E-state index >= 15 is 0 Å². The summed E-state index contributed by atoms with van der Waals surface area (Å²) in [5.74, 6) is -0.688. The second-order valence-corrected chi connectivity index (χ2v) is 6.19. The Bertz CT molecular complexity index is 944. The van der Waals surface area contributed by atoms with Gasteiger partial charge in [-0.05, 0) is 22.0 Å². The summed E-state index contributed by atoms with van der Waals surface area (Å²) in [5.41, 5.74) is 0.804. The topological polar surface area (TPSA) is 69.2 Å². The zero-order valence-corrected chi connectivity index (χ0v) is 14.0. The van der Waals surface area contributed by atoms with E-state index in [4.69, 9.17) is 28.3 Å². The highest BCUT2D eigenvalue weighted by molar-refractivity contribution is 9.10. The van der Waals surface area contributed by atoms with E-state index in [1.807, 2.05) is 0 Å². The van der Waals surface area contributed by atoms with Gasteiger partial charge in [-0.2, -0.15) is 0 Å². The van der Waals surface area contributed by atoms with E-state index < -0.39 is 11.9 Å². The summed E-state index contributed by atoms with van der Waals surface area (Å²) < 4.78 is 15.0. The highest BCUT2D eigenvalue weighted by Gasteiger charge is 2.23. The fourth-order valence-electron chi connectivity index (χ4n) is 2.25. The van der Waals surface area contributed by atoms with Gasteiger partial charge in [0.25, 0.3) is 0 Å². The Labute approximate surface area is 141 Å². The number of pyridine rings is 1. The quantitative estimate of drug-likeness (QED) is 0.594. The first-order chi connectivity index (χ1) is 10.3. The summed E-state index contributed by atoms with van der Waals surface area (Å²) in [7, 11) is 1.34. The lowest BCUT2D eigenvalue weighted by Crippen LogP contribution is -2.24. The van der Waals surface area contributed by atoms with Gasteiger partial charge in [0.05, 0.1) is 25.7 Å². The number of aromatic nitrogens is 2. The largest absolute Gasteiger partial charge is 0.465 e. The Morgan fingerprint density at radius 3 is 2.77 bits per heavy atom. The molecule has 114 valence electrons. The van der Waals surface area contributed by atoms with E-state index in [0.29, 0.717) is 15.5 Å². The predicted molar refractivity (Wildman–Crippen MR) is 87.7 cm³/mol. The standard InChI is InChI=1S/C13H7BrCl2FN3O2/c1-20(13(21)22)6-2-5(15)10(17)8-7-9(16)4(14)3-18-12(7)19-11(6)8/h2-3H,1H3,(H,18,19)(H,21,22). The molecule has 0 aliphatic carbocycles. The smallest absolute Gasteiger partial charge is 0.411 e. The highest BCUT2D eigenvalue weighted by Crippen LogP contribution is 2.41. The molecule has 2 aromatic heterocycles. The minimum atomic E-state index is -1.21. The molecule has 5 nitrogen and oxygen atoms in total. The average molecular weight is 407 g/mol. The summed E-state index contributed by atoms with van der Waals surface area (Å²) in [6.07, 6.45) is 0.267. The predicted octanol–water partition coefficient (Wildman–Crippen LogP) is 5.04. The summed E-state index contributed by atoms with van der Waals surface area (Å²) in [4.78, 5) is 19.2. The summed E-state index contributed by atoms with van der Waals surface area (Å²) in [6, 6.07) is 1.24. The molecule has 2 N–H and O–H groups in total. The summed E-state index contributed by atoms with van der Waals surface area (Å²) in [5, 5.41) is 9.66. The number of nitrogens with one attached hydrogen (secondary N) is 1. The van der Waals surface area contributed by atoms with Crippen LogP contribution in [0.2, 0.25) is 10.0 Å². The van der Waals surface area contributed by atoms with Gasteiger partial charge in [0.2, 0.25) is 0 Å². The second-order valence-electron chi connectivity index (χ2n) is 4.55. The number of fused-ring (bicyclic) bond motifs is 3. The maximum atomic E-state index is 14.5. The average Bonchev–Trinajstić information content (AvgIpc) is 2.86. The monoisotopic (exact) mass is 405 g/mol. The van der Waals surface area contributed by atoms with Crippen LogP contribution >= 0.6 is 39.1 Å². The lowest BCUT2D eigenvalue weighted by molar-refractivity contribution is 0.203. The van der Waals surface area contributed by atoms with Crippen molar-refractivity contribution in [1.82, 2.24) is 9.97 Å². The van der Waals surface area contributed by atoms with Crippen molar-refractivity contribution in [2.45, 2.75) is 0 Å². The van der Waals surface area contributed by atoms with Gasteiger partial charge in [0.1, 0.15) is 5.65 Å². The summed E-state index contributed by atoms with van der Waals surface area (Å²) >= 11 is 15.4. The number of rotatable bonds is 1. The minimum absolute atomic E-state index is 0.101. The van der Waals surface area contributed by atoms with Crippen molar-refractivity contribution in [2.24, 2.45) is 0 Å². The molecule has 2 heterocycles. The molecule has 9 heteroatoms. The fraction of sp³-hybridized carbons (Fsp3) is 0.0769. The maximum absolute atomic E-state index is 14.5. The Morgan fingerprint density at radius 2 is 2.14 bits per heavy atom. The number of nitrogens with zero attached hydrogens (tertiary/aromatic N) is 2. The van der Waals surface area contributed by atoms with Gasteiger partial charge >= 0.3 is 6.09 Å². The zero-order chi connectivity index (χ0) is 16.2. The molecule has 0 saturated heterocycles. The Balaban J connectivity index is 2.54. The van der Waals surface area contributed by atoms with Gasteiger partial charge in [0.15, 0.2) is 5.82 Å². The second kappa shape index (κ2) is 5.26. The van der Waals surface area contributed by atoms with Crippen molar-refractivity contribution < 1.29 is 14.3 Å². The van der Waals surface area contributed by atoms with Crippen LogP contribution < -0.4 is 4.90 Å². The molecule has 22 heavy (non-hydrogen) atoms. The molecule has 1 amide bonds. The highest BCUT2D eigenvalue weighted by atomic mass is 79.9. The molecule has 0 aliphatic rings. The number of anilines is 1. The molecule has 3 rings (SSSR count). The van der Waals surface area contributed by atoms with E-state index in [2.05, 4.69) is 25.9 Å². The third-order valence-corrected chi connectivity index (χ3v) is 4.81. The van der Waals surface area contributed by atoms with Crippen molar-refractivity contribution in [3.8, 4) is 0 Å². The fourth-order valence-corrected chi connectivity index (χ4v) is 2.98. The van der Waals surface area contributed by atoms with Gasteiger partial charge < -0.3 is 10.1 Å². The zero-order valence-electron chi connectivity index (χ0n) is 10.9.